The van der Waals surface area contributed by atoms with Crippen molar-refractivity contribution in [3.05, 3.63) is 139 Å². The lowest BCUT2D eigenvalue weighted by molar-refractivity contribution is -0.0592. The van der Waals surface area contributed by atoms with E-state index in [0.29, 0.717) is 57.5 Å². The van der Waals surface area contributed by atoms with Crippen molar-refractivity contribution in [3.8, 4) is 5.69 Å². The van der Waals surface area contributed by atoms with Crippen LogP contribution in [0.15, 0.2) is 107 Å². The number of nitrogens with one attached hydrogen (secondary N) is 1. The Morgan fingerprint density at radius 1 is 0.957 bits per heavy atom. The third kappa shape index (κ3) is 7.77. The van der Waals surface area contributed by atoms with Gasteiger partial charge in [-0.05, 0) is 157 Å². The normalized spacial score (nSPS) is 24.5. The number of benzene rings is 3. The fourth-order valence-corrected chi connectivity index (χ4v) is 13.6. The minimum atomic E-state index is -2.83. The summed E-state index contributed by atoms with van der Waals surface area (Å²) in [5.41, 5.74) is 9.09. The molecule has 5 heterocycles. The van der Waals surface area contributed by atoms with E-state index in [1.54, 1.807) is 36.9 Å². The summed E-state index contributed by atoms with van der Waals surface area (Å²) in [7, 11) is -2.83. The molecule has 11 rings (SSSR count). The van der Waals surface area contributed by atoms with Crippen LogP contribution in [0.4, 0.5) is 14.5 Å². The average Bonchev–Trinajstić information content (AvgIpc) is 4.29. The number of nitrogens with zero attached hydrogens (tertiary/aromatic N) is 7. The standard InChI is InChI=1S/C52H57F2N9O6S/c1-28-21-36(22-29(2)45(28)54)56-46(62-19-18-61(50(62)66)42-14-12-38(25-39(42)53)70(67,37-10-11-37)59-35-8-9-35)44-31(4)60(17-15-40(44)55)47(64)43-24-34-23-32(33-16-20-68-51(5,6)27-33)7-13-41(34)63(43)52(26-30(52)3)48-57-49(65)69-58-48/h7,12-14,18-19,21-25,30-31,33,35,37H,8-11,15-17,20,26-27,55H2,1-6H3,(H,57,58,65)/t30-,31-,33-,52-,70?/m0/s1. The molecular weight excluding hydrogens is 917 g/mol. The van der Waals surface area contributed by atoms with Crippen LogP contribution in [0.1, 0.15) is 118 Å². The Balaban J connectivity index is 1.01. The van der Waals surface area contributed by atoms with Crippen molar-refractivity contribution in [1.82, 2.24) is 28.7 Å². The largest absolute Gasteiger partial charge is 0.438 e. The van der Waals surface area contributed by atoms with Crippen LogP contribution in [0.2, 0.25) is 0 Å². The predicted molar refractivity (Wildman–Crippen MR) is 261 cm³/mol. The highest BCUT2D eigenvalue weighted by atomic mass is 32.2. The molecule has 1 unspecified atom stereocenters. The summed E-state index contributed by atoms with van der Waals surface area (Å²) in [5, 5.41) is 4.89. The van der Waals surface area contributed by atoms with Gasteiger partial charge < -0.3 is 19.9 Å². The van der Waals surface area contributed by atoms with Gasteiger partial charge in [-0.15, -0.1) is 0 Å². The number of ether oxygens (including phenoxy) is 1. The highest BCUT2D eigenvalue weighted by Crippen LogP contribution is 2.56. The van der Waals surface area contributed by atoms with Crippen LogP contribution < -0.4 is 17.2 Å². The van der Waals surface area contributed by atoms with Crippen LogP contribution in [0.3, 0.4) is 0 Å². The number of carbonyl (C=O) groups excluding carboxylic acids is 1. The third-order valence-electron chi connectivity index (χ3n) is 15.1. The van der Waals surface area contributed by atoms with Crippen LogP contribution in [0.25, 0.3) is 16.6 Å². The lowest BCUT2D eigenvalue weighted by Crippen LogP contribution is -2.49. The molecule has 3 aromatic heterocycles. The third-order valence-corrected chi connectivity index (χ3v) is 18.0. The van der Waals surface area contributed by atoms with Crippen molar-refractivity contribution in [1.29, 1.82) is 0 Å². The summed E-state index contributed by atoms with van der Waals surface area (Å²) in [6.45, 7) is 12.2. The predicted octanol–water partition coefficient (Wildman–Crippen LogP) is 8.50. The maximum atomic E-state index is 16.3. The molecule has 18 heteroatoms. The Bertz CT molecular complexity index is 3450. The molecule has 3 aliphatic carbocycles. The van der Waals surface area contributed by atoms with E-state index in [4.69, 9.17) is 20.0 Å². The molecule has 70 heavy (non-hydrogen) atoms. The van der Waals surface area contributed by atoms with Gasteiger partial charge in [-0.25, -0.2) is 31.9 Å². The molecule has 15 nitrogen and oxygen atoms in total. The van der Waals surface area contributed by atoms with E-state index in [1.165, 1.54) is 29.1 Å². The Kier molecular flexibility index (Phi) is 10.9. The number of H-pyrrole nitrogens is 1. The molecule has 3 N–H and O–H groups in total. The number of hydrogen-bond acceptors (Lipinski definition) is 10. The maximum Gasteiger partial charge on any atom is 0.438 e. The number of imidazole rings is 1. The lowest BCUT2D eigenvalue weighted by atomic mass is 9.83. The van der Waals surface area contributed by atoms with Gasteiger partial charge in [-0.1, -0.05) is 18.1 Å². The van der Waals surface area contributed by atoms with Crippen LogP contribution in [-0.2, 0) is 20.0 Å². The van der Waals surface area contributed by atoms with Crippen molar-refractivity contribution in [2.75, 3.05) is 13.2 Å². The molecule has 4 fully saturated rings. The molecule has 2 aliphatic heterocycles. The number of aromatic nitrogens is 5. The van der Waals surface area contributed by atoms with E-state index < -0.39 is 44.4 Å². The molecule has 5 atom stereocenters. The summed E-state index contributed by atoms with van der Waals surface area (Å²) >= 11 is 0. The van der Waals surface area contributed by atoms with E-state index in [9.17, 15) is 13.8 Å². The summed E-state index contributed by atoms with van der Waals surface area (Å²) in [6, 6.07) is 14.8. The van der Waals surface area contributed by atoms with Crippen LogP contribution >= 0.6 is 0 Å². The highest BCUT2D eigenvalue weighted by molar-refractivity contribution is 7.94. The summed E-state index contributed by atoms with van der Waals surface area (Å²) in [4.78, 5) is 52.6. The fraction of sp³-hybridized carbons (Fsp3) is 0.442. The Hall–Kier alpha value is -6.40. The van der Waals surface area contributed by atoms with Crippen molar-refractivity contribution < 1.29 is 27.0 Å². The van der Waals surface area contributed by atoms with Gasteiger partial charge in [0, 0.05) is 59.4 Å². The second kappa shape index (κ2) is 16.6. The SMILES string of the molecule is Cc1cc(N=C(C2=C(N)CCN(C(=O)c3cc4cc([C@H]5CCOC(C)(C)C5)ccc4n3[C@@]3(c4noc(=O)[nH]4)C[C@@H]3C)[C@H]2C)n2ccn(-c3ccc(S(=O)(=NC4CC4)C4CC4)cc3F)c2=O)cc(C)c1F. The molecule has 6 aromatic rings. The van der Waals surface area contributed by atoms with Crippen molar-refractivity contribution in [3.63, 3.8) is 0 Å². The first-order chi connectivity index (χ1) is 33.4. The number of nitrogens with two attached hydrogens (primary N) is 1. The number of rotatable bonds is 10. The van der Waals surface area contributed by atoms with Gasteiger partial charge in [0.05, 0.1) is 43.7 Å². The molecule has 0 spiro atoms. The molecule has 5 aliphatic rings. The lowest BCUT2D eigenvalue weighted by Gasteiger charge is -2.37. The highest BCUT2D eigenvalue weighted by Gasteiger charge is 2.59. The quantitative estimate of drug-likeness (QED) is 0.101. The van der Waals surface area contributed by atoms with E-state index in [0.717, 1.165) is 59.6 Å². The van der Waals surface area contributed by atoms with Gasteiger partial charge in [0.1, 0.15) is 28.7 Å². The van der Waals surface area contributed by atoms with Crippen LogP contribution in [0.5, 0.6) is 0 Å². The number of fused-ring (bicyclic) bond motifs is 1. The van der Waals surface area contributed by atoms with Crippen molar-refractivity contribution >= 4 is 38.1 Å². The number of aromatic amines is 1. The van der Waals surface area contributed by atoms with Gasteiger partial charge >= 0.3 is 11.4 Å². The average molecular weight is 974 g/mol. The zero-order valence-corrected chi connectivity index (χ0v) is 40.9. The maximum absolute atomic E-state index is 16.3. The zero-order chi connectivity index (χ0) is 49.2. The second-order valence-electron chi connectivity index (χ2n) is 20.7. The van der Waals surface area contributed by atoms with Gasteiger partial charge in [0.2, 0.25) is 0 Å². The summed E-state index contributed by atoms with van der Waals surface area (Å²) in [5.74, 6) is -1.55. The molecular formula is C52H57F2N9O6S. The van der Waals surface area contributed by atoms with Crippen molar-refractivity contribution in [2.45, 2.75) is 132 Å². The van der Waals surface area contributed by atoms with E-state index >= 15 is 13.6 Å². The first-order valence-electron chi connectivity index (χ1n) is 24.2. The summed E-state index contributed by atoms with van der Waals surface area (Å²) in [6.07, 6.45) is 8.65. The van der Waals surface area contributed by atoms with Gasteiger partial charge in [0.15, 0.2) is 5.82 Å². The van der Waals surface area contributed by atoms with Crippen LogP contribution in [-0.4, -0.2) is 80.8 Å². The molecule has 1 amide bonds. The molecule has 3 saturated carbocycles. The zero-order valence-electron chi connectivity index (χ0n) is 40.1. The number of halogens is 2. The second-order valence-corrected chi connectivity index (χ2v) is 23.2. The molecule has 1 saturated heterocycles. The van der Waals surface area contributed by atoms with Crippen molar-refractivity contribution in [2.24, 2.45) is 21.0 Å². The van der Waals surface area contributed by atoms with E-state index in [1.807, 2.05) is 30.5 Å². The fourth-order valence-electron chi connectivity index (χ4n) is 11.0. The topological polar surface area (TPSA) is 188 Å². The van der Waals surface area contributed by atoms with E-state index in [2.05, 4.69) is 40.5 Å². The van der Waals surface area contributed by atoms with Crippen LogP contribution in [0, 0.1) is 31.4 Å². The number of carbonyl (C=O) groups is 1. The molecule has 0 bridgehead atoms. The Morgan fingerprint density at radius 2 is 1.70 bits per heavy atom. The Morgan fingerprint density at radius 3 is 2.34 bits per heavy atom. The Labute approximate surface area is 403 Å². The molecule has 366 valence electrons. The smallest absolute Gasteiger partial charge is 0.402 e. The molecule has 0 radical (unpaired) electrons. The summed E-state index contributed by atoms with van der Waals surface area (Å²) < 4.78 is 65.7. The van der Waals surface area contributed by atoms with Gasteiger partial charge in [-0.3, -0.25) is 23.4 Å². The minimum absolute atomic E-state index is 0.0207. The number of amides is 1. The molecule has 3 aromatic carbocycles. The number of aryl methyl sites for hydroxylation is 2. The minimum Gasteiger partial charge on any atom is -0.402 e. The van der Waals surface area contributed by atoms with Gasteiger partial charge in [-0.2, -0.15) is 0 Å². The number of hydrogen-bond donors (Lipinski definition) is 2. The first kappa shape index (κ1) is 46.0. The first-order valence-corrected chi connectivity index (χ1v) is 25.8. The number of aliphatic imine (C=N–C) groups is 1. The van der Waals surface area contributed by atoms with E-state index in [-0.39, 0.29) is 59.1 Å². The van der Waals surface area contributed by atoms with Gasteiger partial charge in [0.25, 0.3) is 5.91 Å². The monoisotopic (exact) mass is 973 g/mol.